The summed E-state index contributed by atoms with van der Waals surface area (Å²) in [6.07, 6.45) is 5.96. The normalized spacial score (nSPS) is 12.8. The maximum Gasteiger partial charge on any atom is 0.141 e. The molecule has 0 saturated heterocycles. The van der Waals surface area contributed by atoms with Crippen LogP contribution in [0.3, 0.4) is 0 Å². The van der Waals surface area contributed by atoms with Crippen molar-refractivity contribution in [1.82, 2.24) is 4.98 Å². The van der Waals surface area contributed by atoms with Crippen LogP contribution >= 0.6 is 15.9 Å². The Morgan fingerprint density at radius 2 is 2.31 bits per heavy atom. The lowest BCUT2D eigenvalue weighted by molar-refractivity contribution is 0.616. The van der Waals surface area contributed by atoms with E-state index in [0.717, 1.165) is 24.8 Å². The molecule has 1 aromatic heterocycles. The first-order chi connectivity index (χ1) is 6.22. The van der Waals surface area contributed by atoms with E-state index in [4.69, 9.17) is 0 Å². The highest BCUT2D eigenvalue weighted by Crippen LogP contribution is 2.13. The van der Waals surface area contributed by atoms with E-state index in [2.05, 4.69) is 27.8 Å². The SMILES string of the molecule is CCC(Br)CCc1cncc(F)c1. The Bertz CT molecular complexity index is 265. The highest BCUT2D eigenvalue weighted by Gasteiger charge is 2.02. The molecule has 0 aromatic carbocycles. The van der Waals surface area contributed by atoms with Gasteiger partial charge in [0.2, 0.25) is 0 Å². The van der Waals surface area contributed by atoms with E-state index in [9.17, 15) is 4.39 Å². The van der Waals surface area contributed by atoms with Gasteiger partial charge in [-0.15, -0.1) is 0 Å². The highest BCUT2D eigenvalue weighted by molar-refractivity contribution is 9.09. The largest absolute Gasteiger partial charge is 0.261 e. The van der Waals surface area contributed by atoms with Crippen molar-refractivity contribution in [3.8, 4) is 0 Å². The predicted octanol–water partition coefficient (Wildman–Crippen LogP) is 3.33. The number of aromatic nitrogens is 1. The molecule has 1 nitrogen and oxygen atoms in total. The Morgan fingerprint density at radius 1 is 1.54 bits per heavy atom. The molecule has 3 heteroatoms. The van der Waals surface area contributed by atoms with Crippen molar-refractivity contribution >= 4 is 15.9 Å². The lowest BCUT2D eigenvalue weighted by Gasteiger charge is -2.05. The average molecular weight is 246 g/mol. The van der Waals surface area contributed by atoms with Gasteiger partial charge >= 0.3 is 0 Å². The van der Waals surface area contributed by atoms with E-state index >= 15 is 0 Å². The van der Waals surface area contributed by atoms with Crippen molar-refractivity contribution in [2.24, 2.45) is 0 Å². The van der Waals surface area contributed by atoms with Crippen LogP contribution in [0.1, 0.15) is 25.3 Å². The standard InChI is InChI=1S/C10H13BrFN/c1-2-9(11)4-3-8-5-10(12)7-13-6-8/h5-7,9H,2-4H2,1H3. The van der Waals surface area contributed by atoms with Crippen LogP contribution in [0.15, 0.2) is 18.5 Å². The molecule has 0 fully saturated rings. The van der Waals surface area contributed by atoms with Gasteiger partial charge in [0.1, 0.15) is 5.82 Å². The molecule has 0 radical (unpaired) electrons. The highest BCUT2D eigenvalue weighted by atomic mass is 79.9. The first-order valence-electron chi connectivity index (χ1n) is 4.46. The number of hydrogen-bond acceptors (Lipinski definition) is 1. The summed E-state index contributed by atoms with van der Waals surface area (Å²) >= 11 is 3.54. The van der Waals surface area contributed by atoms with Crippen molar-refractivity contribution in [3.63, 3.8) is 0 Å². The zero-order valence-corrected chi connectivity index (χ0v) is 9.22. The summed E-state index contributed by atoms with van der Waals surface area (Å²) in [6, 6.07) is 1.54. The Morgan fingerprint density at radius 3 is 2.92 bits per heavy atom. The van der Waals surface area contributed by atoms with Gasteiger partial charge in [0, 0.05) is 11.0 Å². The van der Waals surface area contributed by atoms with Gasteiger partial charge in [-0.1, -0.05) is 22.9 Å². The van der Waals surface area contributed by atoms with Gasteiger partial charge in [-0.25, -0.2) is 4.39 Å². The zero-order valence-electron chi connectivity index (χ0n) is 7.63. The third kappa shape index (κ3) is 3.85. The third-order valence-corrected chi connectivity index (χ3v) is 3.06. The molecule has 0 amide bonds. The molecule has 72 valence electrons. The molecule has 0 spiro atoms. The zero-order chi connectivity index (χ0) is 9.68. The van der Waals surface area contributed by atoms with Gasteiger partial charge in [-0.2, -0.15) is 0 Å². The Labute approximate surface area is 86.5 Å². The minimum absolute atomic E-state index is 0.250. The summed E-state index contributed by atoms with van der Waals surface area (Å²) in [6.45, 7) is 2.13. The van der Waals surface area contributed by atoms with E-state index < -0.39 is 0 Å². The maximum atomic E-state index is 12.7. The fourth-order valence-corrected chi connectivity index (χ4v) is 1.35. The molecule has 1 heterocycles. The van der Waals surface area contributed by atoms with Crippen molar-refractivity contribution in [1.29, 1.82) is 0 Å². The van der Waals surface area contributed by atoms with Crippen LogP contribution in [-0.4, -0.2) is 9.81 Å². The van der Waals surface area contributed by atoms with E-state index in [-0.39, 0.29) is 5.82 Å². The number of alkyl halides is 1. The molecule has 0 N–H and O–H groups in total. The molecule has 13 heavy (non-hydrogen) atoms. The molecule has 1 rings (SSSR count). The Hall–Kier alpha value is -0.440. The summed E-state index contributed by atoms with van der Waals surface area (Å²) in [5.41, 5.74) is 0.970. The fraction of sp³-hybridized carbons (Fsp3) is 0.500. The minimum Gasteiger partial charge on any atom is -0.261 e. The van der Waals surface area contributed by atoms with Crippen LogP contribution in [0.25, 0.3) is 0 Å². The smallest absolute Gasteiger partial charge is 0.141 e. The minimum atomic E-state index is -0.250. The lowest BCUT2D eigenvalue weighted by atomic mass is 10.1. The van der Waals surface area contributed by atoms with Gasteiger partial charge in [0.25, 0.3) is 0 Å². The van der Waals surface area contributed by atoms with Crippen LogP contribution in [0.5, 0.6) is 0 Å². The van der Waals surface area contributed by atoms with Crippen molar-refractivity contribution in [2.45, 2.75) is 31.0 Å². The molecule has 1 unspecified atom stereocenters. The summed E-state index contributed by atoms with van der Waals surface area (Å²) in [5.74, 6) is -0.250. The van der Waals surface area contributed by atoms with E-state index in [1.807, 2.05) is 0 Å². The fourth-order valence-electron chi connectivity index (χ4n) is 1.12. The molecular formula is C10H13BrFN. The first-order valence-corrected chi connectivity index (χ1v) is 5.37. The van der Waals surface area contributed by atoms with Crippen molar-refractivity contribution in [3.05, 3.63) is 29.8 Å². The van der Waals surface area contributed by atoms with Gasteiger partial charge < -0.3 is 0 Å². The van der Waals surface area contributed by atoms with Gasteiger partial charge in [0.15, 0.2) is 0 Å². The van der Waals surface area contributed by atoms with Crippen LogP contribution in [0.2, 0.25) is 0 Å². The van der Waals surface area contributed by atoms with Crippen molar-refractivity contribution < 1.29 is 4.39 Å². The molecular weight excluding hydrogens is 233 g/mol. The van der Waals surface area contributed by atoms with E-state index in [0.29, 0.717) is 4.83 Å². The second-order valence-corrected chi connectivity index (χ2v) is 4.35. The van der Waals surface area contributed by atoms with Crippen molar-refractivity contribution in [2.75, 3.05) is 0 Å². The molecule has 1 atom stereocenters. The number of nitrogens with zero attached hydrogens (tertiary/aromatic N) is 1. The quantitative estimate of drug-likeness (QED) is 0.742. The molecule has 0 saturated carbocycles. The lowest BCUT2D eigenvalue weighted by Crippen LogP contribution is -1.98. The van der Waals surface area contributed by atoms with Crippen LogP contribution < -0.4 is 0 Å². The number of aryl methyl sites for hydroxylation is 1. The first kappa shape index (κ1) is 10.6. The Kier molecular flexibility index (Phi) is 4.36. The van der Waals surface area contributed by atoms with E-state index in [1.165, 1.54) is 6.20 Å². The van der Waals surface area contributed by atoms with Crippen LogP contribution in [0, 0.1) is 5.82 Å². The molecule has 0 bridgehead atoms. The molecule has 0 aliphatic heterocycles. The number of rotatable bonds is 4. The third-order valence-electron chi connectivity index (χ3n) is 1.95. The summed E-state index contributed by atoms with van der Waals surface area (Å²) < 4.78 is 12.7. The summed E-state index contributed by atoms with van der Waals surface area (Å²) in [5, 5.41) is 0. The van der Waals surface area contributed by atoms with Gasteiger partial charge in [-0.3, -0.25) is 4.98 Å². The van der Waals surface area contributed by atoms with Crippen LogP contribution in [0.4, 0.5) is 4.39 Å². The van der Waals surface area contributed by atoms with Gasteiger partial charge in [0.05, 0.1) is 6.20 Å². The second-order valence-electron chi connectivity index (χ2n) is 3.06. The van der Waals surface area contributed by atoms with Gasteiger partial charge in [-0.05, 0) is 30.9 Å². The average Bonchev–Trinajstić information content (AvgIpc) is 2.14. The second kappa shape index (κ2) is 5.32. The summed E-state index contributed by atoms with van der Waals surface area (Å²) in [4.78, 5) is 4.32. The van der Waals surface area contributed by atoms with Crippen LogP contribution in [-0.2, 0) is 6.42 Å². The number of pyridine rings is 1. The Balaban J connectivity index is 2.45. The van der Waals surface area contributed by atoms with E-state index in [1.54, 1.807) is 12.3 Å². The maximum absolute atomic E-state index is 12.7. The molecule has 0 aliphatic rings. The summed E-state index contributed by atoms with van der Waals surface area (Å²) in [7, 11) is 0. The monoisotopic (exact) mass is 245 g/mol. The molecule has 0 aliphatic carbocycles. The number of halogens is 2. The predicted molar refractivity (Wildman–Crippen MR) is 55.5 cm³/mol. The topological polar surface area (TPSA) is 12.9 Å². The number of hydrogen-bond donors (Lipinski definition) is 0. The molecule has 1 aromatic rings.